The number of ether oxygens (including phenoxy) is 2. The summed E-state index contributed by atoms with van der Waals surface area (Å²) >= 11 is 1.23. The van der Waals surface area contributed by atoms with E-state index < -0.39 is 0 Å². The second-order valence-electron chi connectivity index (χ2n) is 6.74. The molecule has 3 aromatic rings. The van der Waals surface area contributed by atoms with E-state index in [1.807, 2.05) is 44.2 Å². The van der Waals surface area contributed by atoms with Gasteiger partial charge in [-0.25, -0.2) is 0 Å². The topological polar surface area (TPSA) is 79.4 Å². The van der Waals surface area contributed by atoms with Crippen molar-refractivity contribution in [1.29, 1.82) is 0 Å². The first kappa shape index (κ1) is 21.1. The zero-order valence-electron chi connectivity index (χ0n) is 17.3. The highest BCUT2D eigenvalue weighted by Gasteiger charge is 2.20. The molecule has 0 N–H and O–H groups in total. The molecule has 2 aromatic heterocycles. The van der Waals surface area contributed by atoms with Gasteiger partial charge in [-0.15, -0.1) is 10.2 Å². The molecule has 8 heteroatoms. The molecule has 0 spiro atoms. The molecule has 0 aliphatic carbocycles. The van der Waals surface area contributed by atoms with E-state index in [2.05, 4.69) is 21.7 Å². The summed E-state index contributed by atoms with van der Waals surface area (Å²) in [5, 5.41) is 8.47. The van der Waals surface area contributed by atoms with Crippen molar-refractivity contribution in [3.8, 4) is 17.2 Å². The van der Waals surface area contributed by atoms with E-state index in [-0.39, 0.29) is 17.6 Å². The number of thioether (sulfide) groups is 1. The number of carbonyl (C=O) groups excluding carboxylic acids is 1. The van der Waals surface area contributed by atoms with Gasteiger partial charge in [-0.3, -0.25) is 4.79 Å². The number of para-hydroxylation sites is 1. The molecule has 1 unspecified atom stereocenters. The molecular formula is C21H25N3O4S. The number of aryl methyl sites for hydroxylation is 1. The molecule has 2 heterocycles. The molecule has 0 radical (unpaired) electrons. The Labute approximate surface area is 174 Å². The monoisotopic (exact) mass is 415 g/mol. The third-order valence-electron chi connectivity index (χ3n) is 4.70. The van der Waals surface area contributed by atoms with Gasteiger partial charge >= 0.3 is 0 Å². The third kappa shape index (κ3) is 4.54. The predicted molar refractivity (Wildman–Crippen MR) is 112 cm³/mol. The molecule has 0 bridgehead atoms. The summed E-state index contributed by atoms with van der Waals surface area (Å²) in [6.07, 6.45) is 0. The van der Waals surface area contributed by atoms with Crippen LogP contribution in [-0.4, -0.2) is 47.1 Å². The van der Waals surface area contributed by atoms with Crippen LogP contribution in [0.5, 0.6) is 5.75 Å². The normalized spacial score (nSPS) is 12.2. The standard InChI is InChI=1S/C21H25N3O4S/c1-13-10-17(15(3)24(13)14(2)11-26-4)18(25)12-29-21-23-22-20(28-21)16-8-6-7-9-19(16)27-5/h6-10,14H,11-12H2,1-5H3. The Balaban J connectivity index is 1.71. The molecule has 29 heavy (non-hydrogen) atoms. The number of carbonyl (C=O) groups is 1. The summed E-state index contributed by atoms with van der Waals surface area (Å²) in [5.74, 6) is 1.26. The number of hydrogen-bond acceptors (Lipinski definition) is 7. The van der Waals surface area contributed by atoms with Gasteiger partial charge in [0.05, 0.1) is 31.1 Å². The lowest BCUT2D eigenvalue weighted by Gasteiger charge is -2.17. The molecule has 0 amide bonds. The Morgan fingerprint density at radius 3 is 2.72 bits per heavy atom. The SMILES string of the molecule is COCC(C)n1c(C)cc(C(=O)CSc2nnc(-c3ccccc3OC)o2)c1C. The summed E-state index contributed by atoms with van der Waals surface area (Å²) in [4.78, 5) is 12.8. The van der Waals surface area contributed by atoms with Crippen molar-refractivity contribution in [2.75, 3.05) is 26.6 Å². The Morgan fingerprint density at radius 2 is 2.00 bits per heavy atom. The summed E-state index contributed by atoms with van der Waals surface area (Å²) < 4.78 is 18.4. The van der Waals surface area contributed by atoms with Gasteiger partial charge in [-0.05, 0) is 39.0 Å². The average Bonchev–Trinajstić information content (AvgIpc) is 3.30. The van der Waals surface area contributed by atoms with Crippen molar-refractivity contribution in [2.45, 2.75) is 32.0 Å². The summed E-state index contributed by atoms with van der Waals surface area (Å²) in [7, 11) is 3.27. The first-order valence-corrected chi connectivity index (χ1v) is 10.2. The molecule has 1 aromatic carbocycles. The van der Waals surface area contributed by atoms with E-state index in [0.29, 0.717) is 29.0 Å². The number of hydrogen-bond donors (Lipinski definition) is 0. The van der Waals surface area contributed by atoms with Crippen molar-refractivity contribution in [2.24, 2.45) is 0 Å². The fourth-order valence-corrected chi connectivity index (χ4v) is 4.10. The van der Waals surface area contributed by atoms with E-state index in [0.717, 1.165) is 17.0 Å². The Bertz CT molecular complexity index is 996. The van der Waals surface area contributed by atoms with Gasteiger partial charge in [0.2, 0.25) is 0 Å². The summed E-state index contributed by atoms with van der Waals surface area (Å²) in [6.45, 7) is 6.63. The van der Waals surface area contributed by atoms with E-state index in [4.69, 9.17) is 13.9 Å². The lowest BCUT2D eigenvalue weighted by molar-refractivity contribution is 0.102. The highest BCUT2D eigenvalue weighted by Crippen LogP contribution is 2.31. The maximum Gasteiger partial charge on any atom is 0.277 e. The number of nitrogens with zero attached hydrogens (tertiary/aromatic N) is 3. The smallest absolute Gasteiger partial charge is 0.277 e. The largest absolute Gasteiger partial charge is 0.496 e. The van der Waals surface area contributed by atoms with E-state index in [9.17, 15) is 4.79 Å². The molecule has 154 valence electrons. The van der Waals surface area contributed by atoms with E-state index in [1.54, 1.807) is 14.2 Å². The zero-order chi connectivity index (χ0) is 21.0. The number of aromatic nitrogens is 3. The van der Waals surface area contributed by atoms with Crippen LogP contribution >= 0.6 is 11.8 Å². The van der Waals surface area contributed by atoms with Crippen molar-refractivity contribution >= 4 is 17.5 Å². The summed E-state index contributed by atoms with van der Waals surface area (Å²) in [5.41, 5.74) is 3.41. The molecule has 0 saturated heterocycles. The van der Waals surface area contributed by atoms with E-state index in [1.165, 1.54) is 11.8 Å². The quantitative estimate of drug-likeness (QED) is 0.380. The van der Waals surface area contributed by atoms with Gasteiger partial charge in [-0.1, -0.05) is 23.9 Å². The highest BCUT2D eigenvalue weighted by atomic mass is 32.2. The molecule has 0 aliphatic rings. The fraction of sp³-hybridized carbons (Fsp3) is 0.381. The van der Waals surface area contributed by atoms with Crippen molar-refractivity contribution in [3.05, 3.63) is 47.3 Å². The van der Waals surface area contributed by atoms with E-state index >= 15 is 0 Å². The maximum atomic E-state index is 12.8. The van der Waals surface area contributed by atoms with Crippen LogP contribution in [0.3, 0.4) is 0 Å². The molecule has 0 saturated carbocycles. The number of ketones is 1. The van der Waals surface area contributed by atoms with Crippen LogP contribution in [-0.2, 0) is 4.74 Å². The van der Waals surface area contributed by atoms with Crippen LogP contribution in [0, 0.1) is 13.8 Å². The minimum atomic E-state index is 0.0241. The third-order valence-corrected chi connectivity index (χ3v) is 5.52. The van der Waals surface area contributed by atoms with Gasteiger partial charge in [0.15, 0.2) is 5.78 Å². The minimum absolute atomic E-state index is 0.0241. The molecular weight excluding hydrogens is 390 g/mol. The van der Waals surface area contributed by atoms with Crippen molar-refractivity contribution in [3.63, 3.8) is 0 Å². The number of methoxy groups -OCH3 is 2. The van der Waals surface area contributed by atoms with Crippen LogP contribution in [0.4, 0.5) is 0 Å². The van der Waals surface area contributed by atoms with Gasteiger partial charge in [0, 0.05) is 24.1 Å². The Kier molecular flexibility index (Phi) is 6.76. The number of Topliss-reactive ketones (excluding diaryl/α,β-unsaturated/α-hetero) is 1. The van der Waals surface area contributed by atoms with Crippen LogP contribution in [0.1, 0.15) is 34.7 Å². The second-order valence-corrected chi connectivity index (χ2v) is 7.67. The van der Waals surface area contributed by atoms with Crippen LogP contribution in [0.2, 0.25) is 0 Å². The summed E-state index contributed by atoms with van der Waals surface area (Å²) in [6, 6.07) is 9.51. The fourth-order valence-electron chi connectivity index (χ4n) is 3.46. The predicted octanol–water partition coefficient (Wildman–Crippen LogP) is 4.35. The minimum Gasteiger partial charge on any atom is -0.496 e. The lowest BCUT2D eigenvalue weighted by Crippen LogP contribution is -2.14. The van der Waals surface area contributed by atoms with Gasteiger partial charge in [-0.2, -0.15) is 0 Å². The average molecular weight is 416 g/mol. The first-order valence-electron chi connectivity index (χ1n) is 9.26. The molecule has 1 atom stereocenters. The maximum absolute atomic E-state index is 12.8. The van der Waals surface area contributed by atoms with Crippen LogP contribution in [0.25, 0.3) is 11.5 Å². The number of benzene rings is 1. The van der Waals surface area contributed by atoms with Crippen molar-refractivity contribution in [1.82, 2.24) is 14.8 Å². The van der Waals surface area contributed by atoms with Gasteiger partial charge in [0.1, 0.15) is 5.75 Å². The van der Waals surface area contributed by atoms with Crippen LogP contribution < -0.4 is 4.74 Å². The zero-order valence-corrected chi connectivity index (χ0v) is 18.1. The first-order chi connectivity index (χ1) is 14.0. The van der Waals surface area contributed by atoms with Crippen molar-refractivity contribution < 1.29 is 18.7 Å². The molecule has 0 aliphatic heterocycles. The second kappa shape index (κ2) is 9.28. The van der Waals surface area contributed by atoms with Gasteiger partial charge in [0.25, 0.3) is 11.1 Å². The van der Waals surface area contributed by atoms with Gasteiger partial charge < -0.3 is 18.5 Å². The molecule has 0 fully saturated rings. The van der Waals surface area contributed by atoms with Crippen LogP contribution in [0.15, 0.2) is 40.0 Å². The molecule has 7 nitrogen and oxygen atoms in total. The number of rotatable bonds is 9. The molecule has 3 rings (SSSR count). The Morgan fingerprint density at radius 1 is 1.24 bits per heavy atom. The Hall–Kier alpha value is -2.58. The lowest BCUT2D eigenvalue weighted by atomic mass is 10.2. The highest BCUT2D eigenvalue weighted by molar-refractivity contribution is 7.99.